The fourth-order valence-corrected chi connectivity index (χ4v) is 2.32. The molecule has 0 aromatic carbocycles. The number of aromatic nitrogens is 1. The number of nitrogens with one attached hydrogen (secondary N) is 2. The van der Waals surface area contributed by atoms with Crippen LogP contribution >= 0.6 is 11.3 Å². The van der Waals surface area contributed by atoms with Crippen LogP contribution in [0.1, 0.15) is 30.5 Å². The number of aliphatic hydroxyl groups excluding tert-OH is 1. The van der Waals surface area contributed by atoms with Gasteiger partial charge in [-0.05, 0) is 26.7 Å². The summed E-state index contributed by atoms with van der Waals surface area (Å²) < 4.78 is 0. The highest BCUT2D eigenvalue weighted by Gasteiger charge is 2.12. The summed E-state index contributed by atoms with van der Waals surface area (Å²) in [6.45, 7) is 5.83. The lowest BCUT2D eigenvalue weighted by molar-refractivity contribution is 0.237. The predicted molar refractivity (Wildman–Crippen MR) is 69.5 cm³/mol. The van der Waals surface area contributed by atoms with E-state index in [4.69, 9.17) is 5.11 Å². The molecule has 0 spiro atoms. The molecule has 1 rings (SSSR count). The highest BCUT2D eigenvalue weighted by molar-refractivity contribution is 7.16. The highest BCUT2D eigenvalue weighted by atomic mass is 32.1. The molecular formula is C11H19N3O2S. The molecule has 0 saturated heterocycles. The van der Waals surface area contributed by atoms with Crippen LogP contribution in [-0.4, -0.2) is 28.8 Å². The largest absolute Gasteiger partial charge is 0.396 e. The zero-order valence-electron chi connectivity index (χ0n) is 10.4. The van der Waals surface area contributed by atoms with Crippen LogP contribution in [-0.2, 0) is 0 Å². The highest BCUT2D eigenvalue weighted by Crippen LogP contribution is 2.22. The van der Waals surface area contributed by atoms with Crippen molar-refractivity contribution in [2.24, 2.45) is 0 Å². The second-order valence-corrected chi connectivity index (χ2v) is 5.07. The van der Waals surface area contributed by atoms with Crippen molar-refractivity contribution in [1.82, 2.24) is 10.3 Å². The van der Waals surface area contributed by atoms with Crippen molar-refractivity contribution >= 4 is 22.4 Å². The molecule has 0 aliphatic heterocycles. The first-order chi connectivity index (χ1) is 8.06. The van der Waals surface area contributed by atoms with E-state index < -0.39 is 0 Å². The van der Waals surface area contributed by atoms with Crippen molar-refractivity contribution in [2.75, 3.05) is 11.9 Å². The molecule has 1 aromatic rings. The number of carbonyl (C=O) groups is 1. The molecule has 0 saturated carbocycles. The summed E-state index contributed by atoms with van der Waals surface area (Å²) in [4.78, 5) is 15.9. The molecule has 0 fully saturated rings. The van der Waals surface area contributed by atoms with E-state index in [9.17, 15) is 4.79 Å². The van der Waals surface area contributed by atoms with Gasteiger partial charge in [-0.1, -0.05) is 6.92 Å². The number of amides is 2. The van der Waals surface area contributed by atoms with E-state index in [1.807, 2.05) is 20.8 Å². The second kappa shape index (κ2) is 6.56. The van der Waals surface area contributed by atoms with Gasteiger partial charge < -0.3 is 10.4 Å². The van der Waals surface area contributed by atoms with Gasteiger partial charge in [0, 0.05) is 12.6 Å². The Kier molecular flexibility index (Phi) is 5.37. The first-order valence-electron chi connectivity index (χ1n) is 5.69. The topological polar surface area (TPSA) is 74.2 Å². The molecule has 0 aliphatic carbocycles. The fraction of sp³-hybridized carbons (Fsp3) is 0.636. The molecule has 0 aliphatic rings. The molecule has 2 amide bonds. The summed E-state index contributed by atoms with van der Waals surface area (Å²) in [5, 5.41) is 16.1. The lowest BCUT2D eigenvalue weighted by atomic mass is 10.2. The lowest BCUT2D eigenvalue weighted by Gasteiger charge is -2.15. The van der Waals surface area contributed by atoms with Crippen molar-refractivity contribution < 1.29 is 9.90 Å². The minimum Gasteiger partial charge on any atom is -0.396 e. The summed E-state index contributed by atoms with van der Waals surface area (Å²) in [5.41, 5.74) is 0.831. The molecule has 6 heteroatoms. The Hall–Kier alpha value is -1.14. The molecule has 1 heterocycles. The number of hydrogen-bond acceptors (Lipinski definition) is 4. The molecule has 1 aromatic heterocycles. The maximum Gasteiger partial charge on any atom is 0.320 e. The minimum absolute atomic E-state index is 0.00863. The molecule has 96 valence electrons. The maximum atomic E-state index is 11.7. The van der Waals surface area contributed by atoms with Gasteiger partial charge in [0.25, 0.3) is 0 Å². The second-order valence-electron chi connectivity index (χ2n) is 3.86. The molecule has 0 bridgehead atoms. The van der Waals surface area contributed by atoms with Crippen molar-refractivity contribution in [3.05, 3.63) is 10.7 Å². The Morgan fingerprint density at radius 1 is 1.53 bits per heavy atom. The predicted octanol–water partition coefficient (Wildman–Crippen LogP) is 2.04. The first-order valence-corrected chi connectivity index (χ1v) is 6.50. The number of aryl methyl sites for hydroxylation is 2. The SMILES string of the molecule is CCC(CCO)NC(=O)Nc1sc(C)nc1C. The standard InChI is InChI=1S/C11H19N3O2S/c1-4-9(5-6-15)13-11(16)14-10-7(2)12-8(3)17-10/h9,15H,4-6H2,1-3H3,(H2,13,14,16). The first kappa shape index (κ1) is 13.9. The van der Waals surface area contributed by atoms with Crippen LogP contribution in [0.25, 0.3) is 0 Å². The van der Waals surface area contributed by atoms with Crippen LogP contribution in [0.4, 0.5) is 9.80 Å². The van der Waals surface area contributed by atoms with Gasteiger partial charge in [-0.2, -0.15) is 0 Å². The van der Waals surface area contributed by atoms with Gasteiger partial charge in [0.2, 0.25) is 0 Å². The van der Waals surface area contributed by atoms with Crippen LogP contribution in [0.15, 0.2) is 0 Å². The third-order valence-corrected chi connectivity index (χ3v) is 3.42. The van der Waals surface area contributed by atoms with Crippen LogP contribution in [0, 0.1) is 13.8 Å². The van der Waals surface area contributed by atoms with Gasteiger partial charge in [-0.3, -0.25) is 5.32 Å². The monoisotopic (exact) mass is 257 g/mol. The summed E-state index contributed by atoms with van der Waals surface area (Å²) >= 11 is 1.46. The third-order valence-electron chi connectivity index (χ3n) is 2.44. The molecule has 5 nitrogen and oxygen atoms in total. The Morgan fingerprint density at radius 3 is 2.71 bits per heavy atom. The van der Waals surface area contributed by atoms with Gasteiger partial charge in [0.15, 0.2) is 0 Å². The summed E-state index contributed by atoms with van der Waals surface area (Å²) in [6.07, 6.45) is 1.37. The van der Waals surface area contributed by atoms with Crippen LogP contribution in [0.5, 0.6) is 0 Å². The van der Waals surface area contributed by atoms with Crippen molar-refractivity contribution in [3.8, 4) is 0 Å². The number of urea groups is 1. The van der Waals surface area contributed by atoms with E-state index in [0.29, 0.717) is 6.42 Å². The number of carbonyl (C=O) groups excluding carboxylic acids is 1. The quantitative estimate of drug-likeness (QED) is 0.755. The number of rotatable bonds is 5. The van der Waals surface area contributed by atoms with Gasteiger partial charge in [-0.25, -0.2) is 9.78 Å². The number of anilines is 1. The average Bonchev–Trinajstić information content (AvgIpc) is 2.56. The van der Waals surface area contributed by atoms with E-state index in [-0.39, 0.29) is 18.7 Å². The van der Waals surface area contributed by atoms with Crippen molar-refractivity contribution in [2.45, 2.75) is 39.7 Å². The van der Waals surface area contributed by atoms with Crippen LogP contribution in [0.2, 0.25) is 0 Å². The fourth-order valence-electron chi connectivity index (χ4n) is 1.51. The Balaban J connectivity index is 2.51. The number of thiazole rings is 1. The number of hydrogen-bond donors (Lipinski definition) is 3. The molecule has 17 heavy (non-hydrogen) atoms. The number of aliphatic hydroxyl groups is 1. The molecular weight excluding hydrogens is 238 g/mol. The van der Waals surface area contributed by atoms with Crippen molar-refractivity contribution in [3.63, 3.8) is 0 Å². The van der Waals surface area contributed by atoms with Gasteiger partial charge in [0.05, 0.1) is 10.7 Å². The Bertz CT molecular complexity index is 379. The van der Waals surface area contributed by atoms with Gasteiger partial charge >= 0.3 is 6.03 Å². The molecule has 3 N–H and O–H groups in total. The van der Waals surface area contributed by atoms with Gasteiger partial charge in [-0.15, -0.1) is 11.3 Å². The van der Waals surface area contributed by atoms with Crippen LogP contribution < -0.4 is 10.6 Å². The lowest BCUT2D eigenvalue weighted by Crippen LogP contribution is -2.38. The van der Waals surface area contributed by atoms with E-state index in [2.05, 4.69) is 15.6 Å². The summed E-state index contributed by atoms with van der Waals surface area (Å²) in [7, 11) is 0. The summed E-state index contributed by atoms with van der Waals surface area (Å²) in [5.74, 6) is 0. The zero-order valence-corrected chi connectivity index (χ0v) is 11.2. The van der Waals surface area contributed by atoms with E-state index >= 15 is 0 Å². The van der Waals surface area contributed by atoms with E-state index in [1.54, 1.807) is 0 Å². The average molecular weight is 257 g/mol. The zero-order chi connectivity index (χ0) is 12.8. The van der Waals surface area contributed by atoms with Crippen LogP contribution in [0.3, 0.4) is 0 Å². The van der Waals surface area contributed by atoms with E-state index in [0.717, 1.165) is 22.1 Å². The smallest absolute Gasteiger partial charge is 0.320 e. The third kappa shape index (κ3) is 4.32. The molecule has 0 radical (unpaired) electrons. The normalized spacial score (nSPS) is 12.2. The van der Waals surface area contributed by atoms with Crippen molar-refractivity contribution in [1.29, 1.82) is 0 Å². The van der Waals surface area contributed by atoms with Gasteiger partial charge in [0.1, 0.15) is 5.00 Å². The molecule has 1 unspecified atom stereocenters. The summed E-state index contributed by atoms with van der Waals surface area (Å²) in [6, 6.07) is -0.230. The Morgan fingerprint density at radius 2 is 2.24 bits per heavy atom. The Labute approximate surface area is 105 Å². The van der Waals surface area contributed by atoms with E-state index in [1.165, 1.54) is 11.3 Å². The number of nitrogens with zero attached hydrogens (tertiary/aromatic N) is 1. The minimum atomic E-state index is -0.239. The molecule has 1 atom stereocenters. The maximum absolute atomic E-state index is 11.7.